The molecule has 0 saturated carbocycles. The Kier molecular flexibility index (Phi) is 5.68. The molecule has 0 aliphatic rings. The van der Waals surface area contributed by atoms with E-state index in [-0.39, 0.29) is 23.4 Å². The molecule has 2 rings (SSSR count). The summed E-state index contributed by atoms with van der Waals surface area (Å²) in [6, 6.07) is 7.07. The summed E-state index contributed by atoms with van der Waals surface area (Å²) in [6.07, 6.45) is 3.12. The van der Waals surface area contributed by atoms with Crippen LogP contribution in [0.4, 0.5) is 5.69 Å². The van der Waals surface area contributed by atoms with E-state index in [1.807, 2.05) is 13.8 Å². The van der Waals surface area contributed by atoms with Gasteiger partial charge >= 0.3 is 5.97 Å². The van der Waals surface area contributed by atoms with Crippen LogP contribution >= 0.6 is 0 Å². The first-order chi connectivity index (χ1) is 11.4. The molecule has 0 fully saturated rings. The van der Waals surface area contributed by atoms with Crippen LogP contribution in [0.5, 0.6) is 0 Å². The molecular formula is C17H22N4O3. The summed E-state index contributed by atoms with van der Waals surface area (Å²) in [7, 11) is 0. The highest BCUT2D eigenvalue weighted by Gasteiger charge is 2.21. The third kappa shape index (κ3) is 4.18. The number of aromatic nitrogens is 3. The normalized spacial score (nSPS) is 12.2. The number of hydrogen-bond acceptors (Lipinski definition) is 4. The van der Waals surface area contributed by atoms with Gasteiger partial charge in [-0.25, -0.2) is 9.48 Å². The van der Waals surface area contributed by atoms with E-state index in [2.05, 4.69) is 22.6 Å². The summed E-state index contributed by atoms with van der Waals surface area (Å²) in [5.74, 6) is -0.913. The highest BCUT2D eigenvalue weighted by molar-refractivity contribution is 5.93. The fourth-order valence-corrected chi connectivity index (χ4v) is 2.53. The molecule has 0 aliphatic carbocycles. The first-order valence-corrected chi connectivity index (χ1v) is 7.99. The highest BCUT2D eigenvalue weighted by Crippen LogP contribution is 2.21. The van der Waals surface area contributed by atoms with Crippen molar-refractivity contribution in [2.24, 2.45) is 11.8 Å². The number of nitrogens with one attached hydrogen (secondary N) is 1. The molecule has 0 radical (unpaired) electrons. The number of amides is 1. The second kappa shape index (κ2) is 7.72. The number of benzene rings is 1. The van der Waals surface area contributed by atoms with Crippen LogP contribution in [-0.2, 0) is 4.79 Å². The van der Waals surface area contributed by atoms with Gasteiger partial charge in [-0.2, -0.15) is 0 Å². The number of nitrogens with zero attached hydrogens (tertiary/aromatic N) is 3. The fourth-order valence-electron chi connectivity index (χ4n) is 2.53. The summed E-state index contributed by atoms with van der Waals surface area (Å²) in [5.41, 5.74) is 1.14. The van der Waals surface area contributed by atoms with E-state index in [9.17, 15) is 9.59 Å². The summed E-state index contributed by atoms with van der Waals surface area (Å²) in [5, 5.41) is 19.2. The van der Waals surface area contributed by atoms with E-state index in [1.165, 1.54) is 10.9 Å². The van der Waals surface area contributed by atoms with Gasteiger partial charge in [0.25, 0.3) is 0 Å². The van der Waals surface area contributed by atoms with Gasteiger partial charge in [0.15, 0.2) is 5.69 Å². The Hall–Kier alpha value is -2.70. The predicted octanol–water partition coefficient (Wildman–Crippen LogP) is 2.98. The maximum atomic E-state index is 12.5. The van der Waals surface area contributed by atoms with Gasteiger partial charge < -0.3 is 10.4 Å². The lowest BCUT2D eigenvalue weighted by atomic mass is 9.90. The summed E-state index contributed by atoms with van der Waals surface area (Å²) in [6.45, 7) is 6.15. The average molecular weight is 330 g/mol. The predicted molar refractivity (Wildman–Crippen MR) is 90.2 cm³/mol. The maximum Gasteiger partial charge on any atom is 0.358 e. The summed E-state index contributed by atoms with van der Waals surface area (Å²) < 4.78 is 1.37. The molecule has 0 aliphatic heterocycles. The van der Waals surface area contributed by atoms with E-state index in [4.69, 9.17) is 5.11 Å². The van der Waals surface area contributed by atoms with Crippen molar-refractivity contribution in [1.82, 2.24) is 15.0 Å². The molecule has 1 heterocycles. The molecule has 0 spiro atoms. The molecule has 2 aromatic rings. The van der Waals surface area contributed by atoms with Gasteiger partial charge in [-0.1, -0.05) is 38.5 Å². The zero-order valence-electron chi connectivity index (χ0n) is 14.1. The number of carboxylic acid groups (broad SMARTS) is 1. The lowest BCUT2D eigenvalue weighted by Gasteiger charge is -2.19. The molecule has 7 nitrogen and oxygen atoms in total. The molecule has 2 N–H and O–H groups in total. The van der Waals surface area contributed by atoms with Gasteiger partial charge in [0.2, 0.25) is 5.91 Å². The van der Waals surface area contributed by atoms with Gasteiger partial charge in [-0.05, 0) is 30.5 Å². The van der Waals surface area contributed by atoms with Crippen molar-refractivity contribution >= 4 is 17.6 Å². The number of hydrogen-bond donors (Lipinski definition) is 2. The molecule has 7 heteroatoms. The van der Waals surface area contributed by atoms with Crippen molar-refractivity contribution in [2.45, 2.75) is 33.6 Å². The largest absolute Gasteiger partial charge is 0.476 e. The average Bonchev–Trinajstić information content (AvgIpc) is 3.02. The number of anilines is 1. The number of aromatic carboxylic acids is 1. The second-order valence-corrected chi connectivity index (χ2v) is 6.03. The van der Waals surface area contributed by atoms with Crippen molar-refractivity contribution in [3.8, 4) is 5.69 Å². The molecule has 1 aromatic carbocycles. The number of rotatable bonds is 7. The van der Waals surface area contributed by atoms with E-state index >= 15 is 0 Å². The Bertz CT molecular complexity index is 724. The van der Waals surface area contributed by atoms with Crippen LogP contribution in [0.3, 0.4) is 0 Å². The fraction of sp³-hybridized carbons (Fsp3) is 0.412. The minimum atomic E-state index is -1.13. The highest BCUT2D eigenvalue weighted by atomic mass is 16.4. The molecule has 1 amide bonds. The molecule has 1 atom stereocenters. The zero-order chi connectivity index (χ0) is 17.7. The zero-order valence-corrected chi connectivity index (χ0v) is 14.1. The lowest BCUT2D eigenvalue weighted by molar-refractivity contribution is -0.121. The molecule has 128 valence electrons. The quantitative estimate of drug-likeness (QED) is 0.813. The summed E-state index contributed by atoms with van der Waals surface area (Å²) >= 11 is 0. The Morgan fingerprint density at radius 1 is 1.33 bits per heavy atom. The number of carbonyl (C=O) groups excluding carboxylic acids is 1. The molecule has 0 saturated heterocycles. The van der Waals surface area contributed by atoms with Crippen LogP contribution < -0.4 is 5.32 Å². The third-order valence-corrected chi connectivity index (χ3v) is 3.83. The molecule has 24 heavy (non-hydrogen) atoms. The van der Waals surface area contributed by atoms with Gasteiger partial charge in [0.05, 0.1) is 11.9 Å². The Labute approximate surface area is 140 Å². The van der Waals surface area contributed by atoms with E-state index < -0.39 is 5.97 Å². The number of carbonyl (C=O) groups is 2. The van der Waals surface area contributed by atoms with Crippen LogP contribution in [0.15, 0.2) is 30.5 Å². The first-order valence-electron chi connectivity index (χ1n) is 7.99. The molecule has 1 aromatic heterocycles. The van der Waals surface area contributed by atoms with Gasteiger partial charge in [0, 0.05) is 11.6 Å². The second-order valence-electron chi connectivity index (χ2n) is 6.03. The first kappa shape index (κ1) is 17.7. The third-order valence-electron chi connectivity index (χ3n) is 3.83. The van der Waals surface area contributed by atoms with Crippen LogP contribution in [0.2, 0.25) is 0 Å². The molecular weight excluding hydrogens is 308 g/mol. The molecule has 1 unspecified atom stereocenters. The molecule has 0 bridgehead atoms. The van der Waals surface area contributed by atoms with E-state index in [1.54, 1.807) is 24.3 Å². The Balaban J connectivity index is 2.17. The maximum absolute atomic E-state index is 12.5. The SMILES string of the molecule is CCCC(C(=O)Nc1cccc(-n2cc(C(=O)O)nn2)c1)C(C)C. The van der Waals surface area contributed by atoms with Crippen LogP contribution in [0, 0.1) is 11.8 Å². The van der Waals surface area contributed by atoms with Crippen molar-refractivity contribution < 1.29 is 14.7 Å². The topological polar surface area (TPSA) is 97.1 Å². The van der Waals surface area contributed by atoms with Gasteiger partial charge in [-0.15, -0.1) is 5.10 Å². The van der Waals surface area contributed by atoms with Crippen molar-refractivity contribution in [3.05, 3.63) is 36.2 Å². The van der Waals surface area contributed by atoms with Crippen LogP contribution in [0.1, 0.15) is 44.1 Å². The van der Waals surface area contributed by atoms with Crippen LogP contribution in [0.25, 0.3) is 5.69 Å². The van der Waals surface area contributed by atoms with Gasteiger partial charge in [-0.3, -0.25) is 4.79 Å². The lowest BCUT2D eigenvalue weighted by Crippen LogP contribution is -2.26. The van der Waals surface area contributed by atoms with Crippen LogP contribution in [-0.4, -0.2) is 32.0 Å². The monoisotopic (exact) mass is 330 g/mol. The minimum Gasteiger partial charge on any atom is -0.476 e. The number of carboxylic acids is 1. The minimum absolute atomic E-state index is 0.00573. The van der Waals surface area contributed by atoms with E-state index in [0.29, 0.717) is 11.4 Å². The summed E-state index contributed by atoms with van der Waals surface area (Å²) in [4.78, 5) is 23.3. The Morgan fingerprint density at radius 3 is 2.67 bits per heavy atom. The van der Waals surface area contributed by atoms with Crippen molar-refractivity contribution in [3.63, 3.8) is 0 Å². The standard InChI is InChI=1S/C17H22N4O3/c1-4-6-14(11(2)3)16(22)18-12-7-5-8-13(9-12)21-10-15(17(23)24)19-20-21/h5,7-11,14H,4,6H2,1-3H3,(H,18,22)(H,23,24). The van der Waals surface area contributed by atoms with Crippen molar-refractivity contribution in [2.75, 3.05) is 5.32 Å². The van der Waals surface area contributed by atoms with Gasteiger partial charge in [0.1, 0.15) is 0 Å². The van der Waals surface area contributed by atoms with E-state index in [0.717, 1.165) is 12.8 Å². The Morgan fingerprint density at radius 2 is 2.08 bits per heavy atom. The smallest absolute Gasteiger partial charge is 0.358 e. The van der Waals surface area contributed by atoms with Crippen molar-refractivity contribution in [1.29, 1.82) is 0 Å².